The van der Waals surface area contributed by atoms with Crippen molar-refractivity contribution in [3.05, 3.63) is 0 Å². The fraction of sp³-hybridized carbons (Fsp3) is 0.909. The van der Waals surface area contributed by atoms with Crippen LogP contribution in [0.4, 0.5) is 52.7 Å². The van der Waals surface area contributed by atoms with Crippen LogP contribution in [-0.2, 0) is 4.79 Å². The second-order valence-electron chi connectivity index (χ2n) is 5.61. The number of halogens is 12. The standard InChI is InChI=1S/C11H8F12O3/c12-8(13,14)6(25,9(15,16)17)3-1-2-4(5(3)24)7(26,10(18,19)20)11(21,22)23/h3-4,25-26H,1-2H2/t3-,4-/m0/s1. The van der Waals surface area contributed by atoms with E-state index in [9.17, 15) is 57.5 Å². The summed E-state index contributed by atoms with van der Waals surface area (Å²) < 4.78 is 152. The predicted octanol–water partition coefficient (Wildman–Crippen LogP) is 3.29. The Morgan fingerprint density at radius 2 is 0.769 bits per heavy atom. The Bertz CT molecular complexity index is 479. The highest BCUT2D eigenvalue weighted by molar-refractivity contribution is 5.88. The van der Waals surface area contributed by atoms with Gasteiger partial charge < -0.3 is 10.2 Å². The Kier molecular flexibility index (Phi) is 5.15. The lowest BCUT2D eigenvalue weighted by Gasteiger charge is -2.38. The Morgan fingerprint density at radius 3 is 0.923 bits per heavy atom. The largest absolute Gasteiger partial charge is 0.427 e. The molecule has 2 atom stereocenters. The number of carbonyl (C=O) groups is 1. The average Bonchev–Trinajstić information content (AvgIpc) is 2.73. The van der Waals surface area contributed by atoms with Crippen molar-refractivity contribution in [2.45, 2.75) is 48.7 Å². The Labute approximate surface area is 135 Å². The lowest BCUT2D eigenvalue weighted by molar-refractivity contribution is -0.383. The third kappa shape index (κ3) is 3.01. The molecule has 154 valence electrons. The summed E-state index contributed by atoms with van der Waals surface area (Å²) >= 11 is 0. The highest BCUT2D eigenvalue weighted by atomic mass is 19.4. The molecule has 0 aromatic heterocycles. The van der Waals surface area contributed by atoms with Crippen molar-refractivity contribution in [3.63, 3.8) is 0 Å². The second kappa shape index (κ2) is 5.87. The van der Waals surface area contributed by atoms with E-state index in [2.05, 4.69) is 0 Å². The summed E-state index contributed by atoms with van der Waals surface area (Å²) in [6.07, 6.45) is -30.1. The smallest absolute Gasteiger partial charge is 0.373 e. The molecule has 1 aliphatic rings. The number of hydrogen-bond acceptors (Lipinski definition) is 3. The zero-order chi connectivity index (χ0) is 21.1. The Balaban J connectivity index is 3.50. The van der Waals surface area contributed by atoms with Gasteiger partial charge in [-0.2, -0.15) is 52.7 Å². The van der Waals surface area contributed by atoms with E-state index in [4.69, 9.17) is 10.2 Å². The minimum atomic E-state index is -6.63. The molecule has 1 rings (SSSR count). The summed E-state index contributed by atoms with van der Waals surface area (Å²) in [4.78, 5) is 11.7. The lowest BCUT2D eigenvalue weighted by atomic mass is 9.79. The number of hydrogen-bond donors (Lipinski definition) is 2. The van der Waals surface area contributed by atoms with Gasteiger partial charge in [-0.3, -0.25) is 4.79 Å². The van der Waals surface area contributed by atoms with E-state index in [1.54, 1.807) is 0 Å². The number of alkyl halides is 12. The van der Waals surface area contributed by atoms with Crippen LogP contribution in [0.2, 0.25) is 0 Å². The van der Waals surface area contributed by atoms with Crippen LogP contribution in [0.3, 0.4) is 0 Å². The zero-order valence-electron chi connectivity index (χ0n) is 11.9. The molecule has 0 radical (unpaired) electrons. The molecule has 0 heterocycles. The van der Waals surface area contributed by atoms with Gasteiger partial charge in [0.1, 0.15) is 5.78 Å². The van der Waals surface area contributed by atoms with E-state index in [0.717, 1.165) is 0 Å². The van der Waals surface area contributed by atoms with Crippen LogP contribution >= 0.6 is 0 Å². The molecule has 0 unspecified atom stereocenters. The van der Waals surface area contributed by atoms with Gasteiger partial charge in [0.05, 0.1) is 11.8 Å². The minimum absolute atomic E-state index is 1.81. The summed E-state index contributed by atoms with van der Waals surface area (Å²) in [6.45, 7) is 0. The van der Waals surface area contributed by atoms with Gasteiger partial charge in [-0.1, -0.05) is 0 Å². The molecule has 1 saturated carbocycles. The topological polar surface area (TPSA) is 57.5 Å². The van der Waals surface area contributed by atoms with Crippen LogP contribution in [0.25, 0.3) is 0 Å². The SMILES string of the molecule is O=C1[C@@H](C(O)(C(F)(F)F)C(F)(F)F)CC[C@@H]1C(O)(C(F)(F)F)C(F)(F)F. The van der Waals surface area contributed by atoms with E-state index in [-0.39, 0.29) is 0 Å². The number of Topliss-reactive ketones (excluding diaryl/α,β-unsaturated/α-hetero) is 1. The second-order valence-corrected chi connectivity index (χ2v) is 5.61. The van der Waals surface area contributed by atoms with Crippen LogP contribution in [0, 0.1) is 11.8 Å². The lowest BCUT2D eigenvalue weighted by Crippen LogP contribution is -2.66. The van der Waals surface area contributed by atoms with Crippen molar-refractivity contribution in [2.24, 2.45) is 11.8 Å². The first-order valence-electron chi connectivity index (χ1n) is 6.39. The van der Waals surface area contributed by atoms with Crippen molar-refractivity contribution in [2.75, 3.05) is 0 Å². The maximum Gasteiger partial charge on any atom is 0.427 e. The third-order valence-electron chi connectivity index (χ3n) is 4.17. The van der Waals surface area contributed by atoms with Crippen molar-refractivity contribution in [1.29, 1.82) is 0 Å². The zero-order valence-corrected chi connectivity index (χ0v) is 11.9. The van der Waals surface area contributed by atoms with E-state index >= 15 is 0 Å². The molecule has 0 amide bonds. The molecular weight excluding hydrogens is 408 g/mol. The van der Waals surface area contributed by atoms with Gasteiger partial charge in [0.25, 0.3) is 11.2 Å². The molecule has 0 saturated heterocycles. The predicted molar refractivity (Wildman–Crippen MR) is 55.3 cm³/mol. The molecule has 0 aliphatic heterocycles. The first-order valence-corrected chi connectivity index (χ1v) is 6.39. The van der Waals surface area contributed by atoms with Crippen molar-refractivity contribution in [1.82, 2.24) is 0 Å². The molecule has 3 nitrogen and oxygen atoms in total. The maximum atomic E-state index is 12.7. The van der Waals surface area contributed by atoms with E-state index in [1.165, 1.54) is 0 Å². The summed E-state index contributed by atoms with van der Waals surface area (Å²) in [5.74, 6) is -10.3. The van der Waals surface area contributed by atoms with E-state index in [1.807, 2.05) is 0 Å². The van der Waals surface area contributed by atoms with Gasteiger partial charge in [-0.15, -0.1) is 0 Å². The molecular formula is C11H8F12O3. The van der Waals surface area contributed by atoms with E-state index in [0.29, 0.717) is 0 Å². The van der Waals surface area contributed by atoms with Gasteiger partial charge in [-0.05, 0) is 12.8 Å². The average molecular weight is 416 g/mol. The van der Waals surface area contributed by atoms with Crippen LogP contribution in [0.15, 0.2) is 0 Å². The monoisotopic (exact) mass is 416 g/mol. The van der Waals surface area contributed by atoms with Crippen molar-refractivity contribution in [3.8, 4) is 0 Å². The quantitative estimate of drug-likeness (QED) is 0.680. The molecule has 0 aromatic carbocycles. The highest BCUT2D eigenvalue weighted by Gasteiger charge is 2.81. The van der Waals surface area contributed by atoms with Gasteiger partial charge in [0.15, 0.2) is 0 Å². The molecule has 0 spiro atoms. The molecule has 15 heteroatoms. The summed E-state index contributed by atoms with van der Waals surface area (Å²) in [7, 11) is 0. The summed E-state index contributed by atoms with van der Waals surface area (Å²) in [5.41, 5.74) is -11.7. The number of ketones is 1. The fourth-order valence-electron chi connectivity index (χ4n) is 2.80. The molecule has 2 N–H and O–H groups in total. The molecule has 1 aliphatic carbocycles. The normalized spacial score (nSPS) is 24.3. The molecule has 0 bridgehead atoms. The summed E-state index contributed by atoms with van der Waals surface area (Å²) in [6, 6.07) is 0. The van der Waals surface area contributed by atoms with Gasteiger partial charge >= 0.3 is 24.7 Å². The van der Waals surface area contributed by atoms with E-state index < -0.39 is 66.4 Å². The van der Waals surface area contributed by atoms with Crippen molar-refractivity contribution >= 4 is 5.78 Å². The van der Waals surface area contributed by atoms with Gasteiger partial charge in [0, 0.05) is 0 Å². The van der Waals surface area contributed by atoms with Crippen LogP contribution in [-0.4, -0.2) is 51.9 Å². The van der Waals surface area contributed by atoms with Crippen LogP contribution in [0.5, 0.6) is 0 Å². The Hall–Kier alpha value is -1.25. The Morgan fingerprint density at radius 1 is 0.577 bits per heavy atom. The van der Waals surface area contributed by atoms with Crippen molar-refractivity contribution < 1.29 is 67.7 Å². The number of carbonyl (C=O) groups excluding carboxylic acids is 1. The molecule has 26 heavy (non-hydrogen) atoms. The minimum Gasteiger partial charge on any atom is -0.373 e. The van der Waals surface area contributed by atoms with Crippen LogP contribution in [0.1, 0.15) is 12.8 Å². The summed E-state index contributed by atoms with van der Waals surface area (Å²) in [5, 5.41) is 18.1. The molecule has 0 aromatic rings. The first-order chi connectivity index (χ1) is 11.1. The maximum absolute atomic E-state index is 12.7. The van der Waals surface area contributed by atoms with Gasteiger partial charge in [0.2, 0.25) is 0 Å². The highest BCUT2D eigenvalue weighted by Crippen LogP contribution is 2.57. The first kappa shape index (κ1) is 22.8. The van der Waals surface area contributed by atoms with Gasteiger partial charge in [-0.25, -0.2) is 0 Å². The number of rotatable bonds is 2. The molecule has 1 fully saturated rings. The third-order valence-corrected chi connectivity index (χ3v) is 4.17. The van der Waals surface area contributed by atoms with Crippen LogP contribution < -0.4 is 0 Å². The fourth-order valence-corrected chi connectivity index (χ4v) is 2.80. The number of aliphatic hydroxyl groups is 2.